The minimum absolute atomic E-state index is 0.709. The summed E-state index contributed by atoms with van der Waals surface area (Å²) in [6, 6.07) is 0.709. The first-order valence-electron chi connectivity index (χ1n) is 4.97. The predicted molar refractivity (Wildman–Crippen MR) is 49.6 cm³/mol. The number of hydrogen-bond donors (Lipinski definition) is 1. The van der Waals surface area contributed by atoms with Crippen molar-refractivity contribution in [3.05, 3.63) is 0 Å². The van der Waals surface area contributed by atoms with Gasteiger partial charge in [0.25, 0.3) is 0 Å². The molecule has 1 saturated carbocycles. The van der Waals surface area contributed by atoms with E-state index in [9.17, 15) is 0 Å². The van der Waals surface area contributed by atoms with Crippen LogP contribution in [0.5, 0.6) is 0 Å². The highest BCUT2D eigenvalue weighted by molar-refractivity contribution is 4.78. The van der Waals surface area contributed by atoms with Gasteiger partial charge in [0, 0.05) is 6.04 Å². The van der Waals surface area contributed by atoms with Crippen LogP contribution in [0.1, 0.15) is 40.0 Å². The summed E-state index contributed by atoms with van der Waals surface area (Å²) in [5, 5.41) is 3.60. The van der Waals surface area contributed by atoms with E-state index in [4.69, 9.17) is 0 Å². The molecule has 0 bridgehead atoms. The molecule has 0 radical (unpaired) electrons. The van der Waals surface area contributed by atoms with Crippen LogP contribution in [0.15, 0.2) is 0 Å². The monoisotopic (exact) mass is 155 g/mol. The summed E-state index contributed by atoms with van der Waals surface area (Å²) in [5.41, 5.74) is 0. The van der Waals surface area contributed by atoms with Crippen LogP contribution < -0.4 is 5.32 Å². The van der Waals surface area contributed by atoms with Crippen molar-refractivity contribution in [1.29, 1.82) is 0 Å². The van der Waals surface area contributed by atoms with Gasteiger partial charge in [0.2, 0.25) is 0 Å². The maximum Gasteiger partial charge on any atom is 0.00643 e. The Kier molecular flexibility index (Phi) is 3.38. The number of rotatable bonds is 5. The molecule has 1 aliphatic rings. The fraction of sp³-hybridized carbons (Fsp3) is 1.00. The summed E-state index contributed by atoms with van der Waals surface area (Å²) in [4.78, 5) is 0. The zero-order valence-corrected chi connectivity index (χ0v) is 8.06. The average molecular weight is 155 g/mol. The lowest BCUT2D eigenvalue weighted by Gasteiger charge is -2.19. The predicted octanol–water partition coefficient (Wildman–Crippen LogP) is 2.42. The van der Waals surface area contributed by atoms with Crippen molar-refractivity contribution < 1.29 is 0 Å². The van der Waals surface area contributed by atoms with Crippen LogP contribution in [0.25, 0.3) is 0 Å². The van der Waals surface area contributed by atoms with Crippen molar-refractivity contribution in [1.82, 2.24) is 5.32 Å². The van der Waals surface area contributed by atoms with Gasteiger partial charge in [-0.05, 0) is 38.1 Å². The van der Waals surface area contributed by atoms with Gasteiger partial charge in [-0.1, -0.05) is 20.3 Å². The lowest BCUT2D eigenvalue weighted by Crippen LogP contribution is -2.33. The number of nitrogens with one attached hydrogen (secondary N) is 1. The van der Waals surface area contributed by atoms with Gasteiger partial charge in [0.05, 0.1) is 0 Å². The summed E-state index contributed by atoms with van der Waals surface area (Å²) >= 11 is 0. The van der Waals surface area contributed by atoms with E-state index in [0.29, 0.717) is 6.04 Å². The molecular formula is C10H21N. The van der Waals surface area contributed by atoms with Crippen molar-refractivity contribution in [2.24, 2.45) is 11.8 Å². The first kappa shape index (κ1) is 9.05. The van der Waals surface area contributed by atoms with E-state index in [1.165, 1.54) is 25.8 Å². The van der Waals surface area contributed by atoms with Gasteiger partial charge >= 0.3 is 0 Å². The summed E-state index contributed by atoms with van der Waals surface area (Å²) < 4.78 is 0. The van der Waals surface area contributed by atoms with Gasteiger partial charge in [-0.2, -0.15) is 0 Å². The molecule has 1 fully saturated rings. The smallest absolute Gasteiger partial charge is 0.00643 e. The summed E-state index contributed by atoms with van der Waals surface area (Å²) in [6.07, 6.45) is 4.21. The highest BCUT2D eigenvalue weighted by atomic mass is 14.9. The number of hydrogen-bond acceptors (Lipinski definition) is 1. The molecule has 0 heterocycles. The van der Waals surface area contributed by atoms with Crippen molar-refractivity contribution in [2.45, 2.75) is 46.1 Å². The Morgan fingerprint density at radius 3 is 2.45 bits per heavy atom. The van der Waals surface area contributed by atoms with Crippen molar-refractivity contribution >= 4 is 0 Å². The van der Waals surface area contributed by atoms with Gasteiger partial charge < -0.3 is 5.32 Å². The molecule has 0 aromatic carbocycles. The molecular weight excluding hydrogens is 134 g/mol. The maximum atomic E-state index is 3.60. The minimum atomic E-state index is 0.709. The molecule has 1 rings (SSSR count). The van der Waals surface area contributed by atoms with E-state index in [1.54, 1.807) is 0 Å². The van der Waals surface area contributed by atoms with Crippen LogP contribution >= 0.6 is 0 Å². The average Bonchev–Trinajstić information content (AvgIpc) is 2.81. The second-order valence-electron chi connectivity index (χ2n) is 4.03. The fourth-order valence-corrected chi connectivity index (χ4v) is 1.23. The molecule has 1 aliphatic carbocycles. The summed E-state index contributed by atoms with van der Waals surface area (Å²) in [7, 11) is 0. The van der Waals surface area contributed by atoms with Crippen molar-refractivity contribution in [3.8, 4) is 0 Å². The Morgan fingerprint density at radius 2 is 2.00 bits per heavy atom. The molecule has 0 amide bonds. The van der Waals surface area contributed by atoms with Crippen molar-refractivity contribution in [3.63, 3.8) is 0 Å². The third-order valence-corrected chi connectivity index (χ3v) is 2.92. The van der Waals surface area contributed by atoms with E-state index in [1.807, 2.05) is 0 Å². The molecule has 11 heavy (non-hydrogen) atoms. The van der Waals surface area contributed by atoms with E-state index < -0.39 is 0 Å². The van der Waals surface area contributed by atoms with Crippen LogP contribution in [0.4, 0.5) is 0 Å². The standard InChI is InChI=1S/C10H21N/c1-4-8(2)9(3)11-7-10-5-6-10/h8-11H,4-7H2,1-3H3/t8-,9-/m1/s1. The second kappa shape index (κ2) is 4.10. The molecule has 0 aromatic rings. The quantitative estimate of drug-likeness (QED) is 0.643. The lowest BCUT2D eigenvalue weighted by atomic mass is 10.0. The molecule has 2 atom stereocenters. The summed E-state index contributed by atoms with van der Waals surface area (Å²) in [6.45, 7) is 8.15. The van der Waals surface area contributed by atoms with Gasteiger partial charge in [0.15, 0.2) is 0 Å². The van der Waals surface area contributed by atoms with Gasteiger partial charge in [-0.25, -0.2) is 0 Å². The Balaban J connectivity index is 2.03. The van der Waals surface area contributed by atoms with Crippen LogP contribution in [-0.4, -0.2) is 12.6 Å². The molecule has 1 N–H and O–H groups in total. The van der Waals surface area contributed by atoms with Crippen molar-refractivity contribution in [2.75, 3.05) is 6.54 Å². The Morgan fingerprint density at radius 1 is 1.36 bits per heavy atom. The van der Waals surface area contributed by atoms with Crippen LogP contribution in [0.3, 0.4) is 0 Å². The Hall–Kier alpha value is -0.0400. The SMILES string of the molecule is CC[C@@H](C)[C@@H](C)NCC1CC1. The highest BCUT2D eigenvalue weighted by Gasteiger charge is 2.21. The maximum absolute atomic E-state index is 3.60. The normalized spacial score (nSPS) is 23.2. The molecule has 1 nitrogen and oxygen atoms in total. The topological polar surface area (TPSA) is 12.0 Å². The zero-order valence-electron chi connectivity index (χ0n) is 8.06. The van der Waals surface area contributed by atoms with Crippen LogP contribution in [-0.2, 0) is 0 Å². The third-order valence-electron chi connectivity index (χ3n) is 2.92. The molecule has 0 aliphatic heterocycles. The van der Waals surface area contributed by atoms with Crippen LogP contribution in [0.2, 0.25) is 0 Å². The molecule has 0 unspecified atom stereocenters. The highest BCUT2D eigenvalue weighted by Crippen LogP contribution is 2.27. The molecule has 0 saturated heterocycles. The Bertz CT molecular complexity index is 107. The van der Waals surface area contributed by atoms with Gasteiger partial charge in [-0.3, -0.25) is 0 Å². The van der Waals surface area contributed by atoms with E-state index >= 15 is 0 Å². The lowest BCUT2D eigenvalue weighted by molar-refractivity contribution is 0.385. The van der Waals surface area contributed by atoms with E-state index in [0.717, 1.165) is 11.8 Å². The molecule has 0 aromatic heterocycles. The minimum Gasteiger partial charge on any atom is -0.314 e. The molecule has 1 heteroatoms. The fourth-order valence-electron chi connectivity index (χ4n) is 1.23. The second-order valence-corrected chi connectivity index (χ2v) is 4.03. The van der Waals surface area contributed by atoms with Gasteiger partial charge in [-0.15, -0.1) is 0 Å². The first-order chi connectivity index (χ1) is 5.24. The summed E-state index contributed by atoms with van der Waals surface area (Å²) in [5.74, 6) is 1.84. The van der Waals surface area contributed by atoms with E-state index in [-0.39, 0.29) is 0 Å². The Labute approximate surface area is 70.6 Å². The van der Waals surface area contributed by atoms with E-state index in [2.05, 4.69) is 26.1 Å². The molecule has 0 spiro atoms. The molecule has 66 valence electrons. The van der Waals surface area contributed by atoms with Gasteiger partial charge in [0.1, 0.15) is 0 Å². The largest absolute Gasteiger partial charge is 0.314 e. The third kappa shape index (κ3) is 3.24. The zero-order chi connectivity index (χ0) is 8.27. The van der Waals surface area contributed by atoms with Crippen LogP contribution in [0, 0.1) is 11.8 Å². The first-order valence-corrected chi connectivity index (χ1v) is 4.97.